The summed E-state index contributed by atoms with van der Waals surface area (Å²) >= 11 is 0. The zero-order valence-electron chi connectivity index (χ0n) is 6.89. The van der Waals surface area contributed by atoms with Crippen LogP contribution in [0, 0.1) is 6.92 Å². The van der Waals surface area contributed by atoms with Gasteiger partial charge in [0.05, 0.1) is 5.71 Å². The molecular weight excluding hydrogens is 126 g/mol. The first kappa shape index (κ1) is 9.47. The van der Waals surface area contributed by atoms with Crippen LogP contribution in [0.2, 0.25) is 0 Å². The van der Waals surface area contributed by atoms with Crippen molar-refractivity contribution in [1.82, 2.24) is 0 Å². The number of nitrogens with zero attached hydrogens (tertiary/aromatic N) is 1. The SMILES string of the molecule is [CH2]C/C(C)=N\OCCCC. The molecule has 0 rings (SSSR count). The van der Waals surface area contributed by atoms with Gasteiger partial charge in [-0.3, -0.25) is 0 Å². The summed E-state index contributed by atoms with van der Waals surface area (Å²) in [7, 11) is 0. The fraction of sp³-hybridized carbons (Fsp3) is 0.750. The van der Waals surface area contributed by atoms with Gasteiger partial charge in [-0.25, -0.2) is 0 Å². The summed E-state index contributed by atoms with van der Waals surface area (Å²) in [4.78, 5) is 4.97. The van der Waals surface area contributed by atoms with Gasteiger partial charge in [0.15, 0.2) is 0 Å². The van der Waals surface area contributed by atoms with E-state index < -0.39 is 0 Å². The summed E-state index contributed by atoms with van der Waals surface area (Å²) in [5.74, 6) is 0. The second-order valence-corrected chi connectivity index (χ2v) is 2.26. The van der Waals surface area contributed by atoms with E-state index in [4.69, 9.17) is 4.84 Å². The van der Waals surface area contributed by atoms with E-state index in [2.05, 4.69) is 19.0 Å². The molecule has 0 aromatic heterocycles. The second-order valence-electron chi connectivity index (χ2n) is 2.26. The molecule has 0 atom stereocenters. The molecular formula is C8H16NO. The minimum Gasteiger partial charge on any atom is -0.396 e. The van der Waals surface area contributed by atoms with Gasteiger partial charge in [0.1, 0.15) is 6.61 Å². The lowest BCUT2D eigenvalue weighted by molar-refractivity contribution is 0.140. The molecule has 59 valence electrons. The standard InChI is InChI=1S/C8H16NO/c1-4-6-7-10-9-8(3)5-2/h2,4-7H2,1,3H3/b9-8-. The molecule has 2 nitrogen and oxygen atoms in total. The Morgan fingerprint density at radius 1 is 1.60 bits per heavy atom. The Hall–Kier alpha value is -0.530. The van der Waals surface area contributed by atoms with E-state index in [9.17, 15) is 0 Å². The highest BCUT2D eigenvalue weighted by molar-refractivity contribution is 5.81. The number of hydrogen-bond donors (Lipinski definition) is 0. The van der Waals surface area contributed by atoms with Gasteiger partial charge in [-0.05, 0) is 26.7 Å². The van der Waals surface area contributed by atoms with E-state index >= 15 is 0 Å². The molecule has 0 aliphatic carbocycles. The number of hydrogen-bond acceptors (Lipinski definition) is 2. The molecule has 0 heterocycles. The number of unbranched alkanes of at least 4 members (excludes halogenated alkanes) is 1. The molecule has 10 heavy (non-hydrogen) atoms. The third-order valence-corrected chi connectivity index (χ3v) is 1.17. The van der Waals surface area contributed by atoms with E-state index in [-0.39, 0.29) is 0 Å². The predicted octanol–water partition coefficient (Wildman–Crippen LogP) is 2.40. The highest BCUT2D eigenvalue weighted by Crippen LogP contribution is 1.90. The Morgan fingerprint density at radius 2 is 2.30 bits per heavy atom. The van der Waals surface area contributed by atoms with Crippen molar-refractivity contribution in [2.24, 2.45) is 5.16 Å². The van der Waals surface area contributed by atoms with Crippen LogP contribution in [0.3, 0.4) is 0 Å². The molecule has 0 unspecified atom stereocenters. The molecule has 0 fully saturated rings. The van der Waals surface area contributed by atoms with Gasteiger partial charge < -0.3 is 4.84 Å². The van der Waals surface area contributed by atoms with Gasteiger partial charge >= 0.3 is 0 Å². The quantitative estimate of drug-likeness (QED) is 0.328. The summed E-state index contributed by atoms with van der Waals surface area (Å²) in [6.45, 7) is 8.45. The third kappa shape index (κ3) is 5.60. The first-order valence-corrected chi connectivity index (χ1v) is 3.76. The minimum absolute atomic E-state index is 0.728. The Morgan fingerprint density at radius 3 is 2.80 bits per heavy atom. The largest absolute Gasteiger partial charge is 0.396 e. The topological polar surface area (TPSA) is 21.6 Å². The Bertz CT molecular complexity index is 99.4. The first-order valence-electron chi connectivity index (χ1n) is 3.76. The zero-order valence-corrected chi connectivity index (χ0v) is 6.89. The van der Waals surface area contributed by atoms with Crippen molar-refractivity contribution < 1.29 is 4.84 Å². The van der Waals surface area contributed by atoms with Crippen molar-refractivity contribution in [3.63, 3.8) is 0 Å². The summed E-state index contributed by atoms with van der Waals surface area (Å²) in [6.07, 6.45) is 2.96. The lowest BCUT2D eigenvalue weighted by Gasteiger charge is -1.97. The maximum absolute atomic E-state index is 4.97. The van der Waals surface area contributed by atoms with Crippen molar-refractivity contribution in [3.8, 4) is 0 Å². The van der Waals surface area contributed by atoms with Crippen molar-refractivity contribution in [1.29, 1.82) is 0 Å². The summed E-state index contributed by atoms with van der Waals surface area (Å²) in [6, 6.07) is 0. The van der Waals surface area contributed by atoms with Gasteiger partial charge in [0.2, 0.25) is 0 Å². The van der Waals surface area contributed by atoms with Crippen LogP contribution < -0.4 is 0 Å². The molecule has 0 aliphatic heterocycles. The van der Waals surface area contributed by atoms with Crippen LogP contribution in [-0.2, 0) is 4.84 Å². The molecule has 0 aliphatic rings. The van der Waals surface area contributed by atoms with Crippen LogP contribution in [-0.4, -0.2) is 12.3 Å². The van der Waals surface area contributed by atoms with Crippen LogP contribution in [0.5, 0.6) is 0 Å². The van der Waals surface area contributed by atoms with Crippen molar-refractivity contribution in [3.05, 3.63) is 6.92 Å². The smallest absolute Gasteiger partial charge is 0.117 e. The Kier molecular flexibility index (Phi) is 6.24. The van der Waals surface area contributed by atoms with E-state index in [0.29, 0.717) is 0 Å². The molecule has 0 aromatic rings. The highest BCUT2D eigenvalue weighted by atomic mass is 16.6. The van der Waals surface area contributed by atoms with E-state index in [1.54, 1.807) is 0 Å². The molecule has 0 bridgehead atoms. The fourth-order valence-electron chi connectivity index (χ4n) is 0.410. The van der Waals surface area contributed by atoms with Crippen molar-refractivity contribution in [2.45, 2.75) is 33.1 Å². The van der Waals surface area contributed by atoms with Crippen molar-refractivity contribution >= 4 is 5.71 Å². The van der Waals surface area contributed by atoms with Crippen LogP contribution in [0.1, 0.15) is 33.1 Å². The molecule has 1 radical (unpaired) electrons. The normalized spacial score (nSPS) is 11.7. The third-order valence-electron chi connectivity index (χ3n) is 1.17. The average molecular weight is 142 g/mol. The predicted molar refractivity (Wildman–Crippen MR) is 43.9 cm³/mol. The van der Waals surface area contributed by atoms with Gasteiger partial charge in [0, 0.05) is 0 Å². The molecule has 0 aromatic carbocycles. The Balaban J connectivity index is 3.16. The maximum atomic E-state index is 4.97. The van der Waals surface area contributed by atoms with E-state index in [0.717, 1.165) is 31.6 Å². The monoisotopic (exact) mass is 142 g/mol. The lowest BCUT2D eigenvalue weighted by atomic mass is 10.3. The van der Waals surface area contributed by atoms with Gasteiger partial charge in [-0.1, -0.05) is 18.5 Å². The first-order chi connectivity index (χ1) is 4.81. The molecule has 0 saturated heterocycles. The minimum atomic E-state index is 0.728. The molecule has 0 N–H and O–H groups in total. The zero-order chi connectivity index (χ0) is 7.82. The highest BCUT2D eigenvalue weighted by Gasteiger charge is 1.85. The van der Waals surface area contributed by atoms with Crippen LogP contribution >= 0.6 is 0 Å². The van der Waals surface area contributed by atoms with Gasteiger partial charge in [-0.2, -0.15) is 0 Å². The fourth-order valence-corrected chi connectivity index (χ4v) is 0.410. The van der Waals surface area contributed by atoms with Crippen LogP contribution in [0.4, 0.5) is 0 Å². The maximum Gasteiger partial charge on any atom is 0.117 e. The summed E-state index contributed by atoms with van der Waals surface area (Å²) in [5.41, 5.74) is 0.955. The van der Waals surface area contributed by atoms with Gasteiger partial charge in [0.25, 0.3) is 0 Å². The molecule has 2 heteroatoms. The van der Waals surface area contributed by atoms with Crippen molar-refractivity contribution in [2.75, 3.05) is 6.61 Å². The Labute approximate surface area is 63.3 Å². The molecule has 0 amide bonds. The average Bonchev–Trinajstić information content (AvgIpc) is 1.98. The van der Waals surface area contributed by atoms with E-state index in [1.165, 1.54) is 0 Å². The van der Waals surface area contributed by atoms with E-state index in [1.807, 2.05) is 6.92 Å². The second kappa shape index (κ2) is 6.59. The summed E-state index contributed by atoms with van der Waals surface area (Å²) in [5, 5.41) is 3.83. The molecule has 0 spiro atoms. The van der Waals surface area contributed by atoms with Gasteiger partial charge in [-0.15, -0.1) is 0 Å². The van der Waals surface area contributed by atoms with Crippen LogP contribution in [0.25, 0.3) is 0 Å². The van der Waals surface area contributed by atoms with Crippen LogP contribution in [0.15, 0.2) is 5.16 Å². The number of rotatable bonds is 5. The lowest BCUT2D eigenvalue weighted by Crippen LogP contribution is -1.92. The number of oxime groups is 1. The molecule has 0 saturated carbocycles. The summed E-state index contributed by atoms with van der Waals surface area (Å²) < 4.78 is 0.